The number of hydrogen-bond donors (Lipinski definition) is 1. The third-order valence-corrected chi connectivity index (χ3v) is 4.62. The van der Waals surface area contributed by atoms with Crippen LogP contribution in [0.5, 0.6) is 0 Å². The van der Waals surface area contributed by atoms with E-state index >= 15 is 0 Å². The van der Waals surface area contributed by atoms with Crippen molar-refractivity contribution in [1.82, 2.24) is 5.32 Å². The Kier molecular flexibility index (Phi) is 27.5. The summed E-state index contributed by atoms with van der Waals surface area (Å²) in [6.45, 7) is 3.73. The van der Waals surface area contributed by atoms with Crippen molar-refractivity contribution in [3.8, 4) is 0 Å². The van der Waals surface area contributed by atoms with Crippen LogP contribution in [0.25, 0.3) is 0 Å². The Balaban J connectivity index is 0. The minimum Gasteiger partial charge on any atom is -0.550 e. The van der Waals surface area contributed by atoms with Gasteiger partial charge in [0.2, 0.25) is 0 Å². The van der Waals surface area contributed by atoms with E-state index in [1.54, 1.807) is 0 Å². The second-order valence-corrected chi connectivity index (χ2v) is 7.16. The zero-order valence-corrected chi connectivity index (χ0v) is 19.7. The first-order valence-electron chi connectivity index (χ1n) is 10.8. The number of rotatable bonds is 20. The van der Waals surface area contributed by atoms with Crippen molar-refractivity contribution in [2.45, 2.75) is 110 Å². The molecular weight excluding hydrogens is 333 g/mol. The Hall–Kier alpha value is 0.170. The molecule has 3 nitrogen and oxygen atoms in total. The first-order valence-corrected chi connectivity index (χ1v) is 10.8. The van der Waals surface area contributed by atoms with E-state index in [0.717, 1.165) is 13.0 Å². The molecule has 148 valence electrons. The van der Waals surface area contributed by atoms with Crippen molar-refractivity contribution in [3.63, 3.8) is 0 Å². The van der Waals surface area contributed by atoms with Crippen LogP contribution in [0, 0.1) is 0 Å². The molecule has 0 unspecified atom stereocenters. The summed E-state index contributed by atoms with van der Waals surface area (Å²) >= 11 is 0. The molecule has 0 amide bonds. The number of nitrogens with one attached hydrogen (secondary N) is 1. The maximum Gasteiger partial charge on any atom is 1.00 e. The molecule has 0 fully saturated rings. The summed E-state index contributed by atoms with van der Waals surface area (Å²) in [7, 11) is 0. The average Bonchev–Trinajstić information content (AvgIpc) is 2.60. The number of hydrogen-bond acceptors (Lipinski definition) is 3. The van der Waals surface area contributed by atoms with Crippen LogP contribution in [0.4, 0.5) is 0 Å². The van der Waals surface area contributed by atoms with Gasteiger partial charge in [-0.2, -0.15) is 0 Å². The average molecular weight is 376 g/mol. The topological polar surface area (TPSA) is 52.2 Å². The molecule has 0 spiro atoms. The van der Waals surface area contributed by atoms with Gasteiger partial charge in [-0.15, -0.1) is 0 Å². The maximum atomic E-state index is 10.2. The van der Waals surface area contributed by atoms with E-state index in [-0.39, 0.29) is 36.0 Å². The van der Waals surface area contributed by atoms with Gasteiger partial charge in [0.15, 0.2) is 0 Å². The van der Waals surface area contributed by atoms with Gasteiger partial charge in [-0.1, -0.05) is 83.3 Å². The third kappa shape index (κ3) is 26.4. The van der Waals surface area contributed by atoms with E-state index in [9.17, 15) is 9.90 Å². The molecule has 4 heteroatoms. The molecule has 0 aliphatic heterocycles. The number of carboxylic acid groups (broad SMARTS) is 1. The van der Waals surface area contributed by atoms with Crippen molar-refractivity contribution in [1.29, 1.82) is 0 Å². The fourth-order valence-electron chi connectivity index (χ4n) is 2.99. The molecular formula is C22H42NNaO2. The van der Waals surface area contributed by atoms with Crippen molar-refractivity contribution >= 4 is 5.97 Å². The molecule has 0 aromatic rings. The summed E-state index contributed by atoms with van der Waals surface area (Å²) in [5, 5.41) is 13.4. The Labute approximate surface area is 185 Å². The van der Waals surface area contributed by atoms with Crippen molar-refractivity contribution in [2.75, 3.05) is 13.1 Å². The van der Waals surface area contributed by atoms with E-state index in [4.69, 9.17) is 0 Å². The summed E-state index contributed by atoms with van der Waals surface area (Å²) < 4.78 is 0. The number of allylic oxidation sites excluding steroid dienone is 2. The van der Waals surface area contributed by atoms with Gasteiger partial charge in [-0.25, -0.2) is 0 Å². The zero-order valence-electron chi connectivity index (χ0n) is 17.7. The maximum absolute atomic E-state index is 10.2. The van der Waals surface area contributed by atoms with Gasteiger partial charge < -0.3 is 15.2 Å². The van der Waals surface area contributed by atoms with Crippen LogP contribution >= 0.6 is 0 Å². The summed E-state index contributed by atoms with van der Waals surface area (Å²) in [5.41, 5.74) is 0. The van der Waals surface area contributed by atoms with Crippen LogP contribution in [0.15, 0.2) is 12.2 Å². The summed E-state index contributed by atoms with van der Waals surface area (Å²) in [5.74, 6) is -0.968. The predicted octanol–water partition coefficient (Wildman–Crippen LogP) is 2.15. The van der Waals surface area contributed by atoms with Crippen LogP contribution in [0.2, 0.25) is 0 Å². The normalized spacial score (nSPS) is 11.0. The first kappa shape index (κ1) is 28.4. The quantitative estimate of drug-likeness (QED) is 0.202. The van der Waals surface area contributed by atoms with Crippen molar-refractivity contribution in [2.24, 2.45) is 0 Å². The Morgan fingerprint density at radius 2 is 1.19 bits per heavy atom. The van der Waals surface area contributed by atoms with Crippen LogP contribution in [-0.4, -0.2) is 19.1 Å². The van der Waals surface area contributed by atoms with E-state index in [1.807, 2.05) is 0 Å². The third-order valence-electron chi connectivity index (χ3n) is 4.62. The molecule has 0 heterocycles. The van der Waals surface area contributed by atoms with E-state index in [0.29, 0.717) is 6.54 Å². The molecule has 1 N–H and O–H groups in total. The van der Waals surface area contributed by atoms with Gasteiger partial charge in [0.05, 0.1) is 0 Å². The van der Waals surface area contributed by atoms with Crippen LogP contribution < -0.4 is 40.0 Å². The minimum atomic E-state index is -0.968. The second kappa shape index (κ2) is 25.2. The van der Waals surface area contributed by atoms with Crippen LogP contribution in [-0.2, 0) is 4.79 Å². The first-order chi connectivity index (χ1) is 12.3. The predicted molar refractivity (Wildman–Crippen MR) is 107 cm³/mol. The van der Waals surface area contributed by atoms with Crippen LogP contribution in [0.1, 0.15) is 110 Å². The number of carbonyl (C=O) groups excluding carboxylic acids is 1. The molecule has 0 rings (SSSR count). The number of aliphatic carboxylic acids is 1. The number of carbonyl (C=O) groups is 1. The number of unbranched alkanes of at least 4 members (excludes halogenated alkanes) is 13. The largest absolute Gasteiger partial charge is 1.00 e. The fourth-order valence-corrected chi connectivity index (χ4v) is 2.99. The Bertz CT molecular complexity index is 309. The summed E-state index contributed by atoms with van der Waals surface area (Å²) in [6.07, 6.45) is 24.8. The fraction of sp³-hybridized carbons (Fsp3) is 0.864. The SMILES string of the molecule is CCCCCCCC/C=C\CCCCCCCCCNCCC(=O)[O-].[Na+]. The molecule has 26 heavy (non-hydrogen) atoms. The van der Waals surface area contributed by atoms with E-state index < -0.39 is 5.97 Å². The van der Waals surface area contributed by atoms with Gasteiger partial charge in [0.1, 0.15) is 0 Å². The molecule has 0 radical (unpaired) electrons. The second-order valence-electron chi connectivity index (χ2n) is 7.16. The minimum absolute atomic E-state index is 0. The molecule has 0 aliphatic carbocycles. The Morgan fingerprint density at radius 1 is 0.731 bits per heavy atom. The molecule has 0 saturated heterocycles. The van der Waals surface area contributed by atoms with E-state index in [1.165, 1.54) is 89.9 Å². The van der Waals surface area contributed by atoms with E-state index in [2.05, 4.69) is 24.4 Å². The van der Waals surface area contributed by atoms with Crippen molar-refractivity contribution < 1.29 is 39.5 Å². The molecule has 0 bridgehead atoms. The van der Waals surface area contributed by atoms with Gasteiger partial charge in [0, 0.05) is 12.5 Å². The van der Waals surface area contributed by atoms with Gasteiger partial charge >= 0.3 is 29.6 Å². The van der Waals surface area contributed by atoms with Crippen LogP contribution in [0.3, 0.4) is 0 Å². The Morgan fingerprint density at radius 3 is 1.69 bits per heavy atom. The molecule has 0 aromatic carbocycles. The summed E-state index contributed by atoms with van der Waals surface area (Å²) in [6, 6.07) is 0. The monoisotopic (exact) mass is 375 g/mol. The zero-order chi connectivity index (χ0) is 18.4. The van der Waals surface area contributed by atoms with Gasteiger partial charge in [-0.05, 0) is 45.1 Å². The standard InChI is InChI=1S/C22H43NO2.Na/c1-2-3-4-5-6-7-8-9-10-11-12-13-14-15-16-17-18-20-23-21-19-22(24)25;/h9-10,23H,2-8,11-21H2,1H3,(H,24,25);/q;+1/p-1/b10-9-;. The van der Waals surface area contributed by atoms with Gasteiger partial charge in [0.25, 0.3) is 0 Å². The molecule has 0 saturated carbocycles. The number of carboxylic acids is 1. The molecule has 0 aromatic heterocycles. The molecule has 0 aliphatic rings. The smallest absolute Gasteiger partial charge is 0.550 e. The summed E-state index contributed by atoms with van der Waals surface area (Å²) in [4.78, 5) is 10.2. The van der Waals surface area contributed by atoms with Crippen molar-refractivity contribution in [3.05, 3.63) is 12.2 Å². The molecule has 0 atom stereocenters. The van der Waals surface area contributed by atoms with Gasteiger partial charge in [-0.3, -0.25) is 0 Å².